The first kappa shape index (κ1) is 61.7. The molecular formula is C76H83N9O3. The number of nitrogens with two attached hydrogens (primary N) is 3. The van der Waals surface area contributed by atoms with Gasteiger partial charge in [0.15, 0.2) is 17.5 Å². The molecule has 6 aromatic carbocycles. The maximum Gasteiger partial charge on any atom is 0.150 e. The lowest BCUT2D eigenvalue weighted by molar-refractivity contribution is 0.289. The van der Waals surface area contributed by atoms with Crippen LogP contribution < -0.4 is 31.4 Å². The summed E-state index contributed by atoms with van der Waals surface area (Å²) >= 11 is 0. The summed E-state index contributed by atoms with van der Waals surface area (Å²) in [4.78, 5) is 27.4. The van der Waals surface area contributed by atoms with Crippen LogP contribution in [0.2, 0.25) is 0 Å². The van der Waals surface area contributed by atoms with Crippen molar-refractivity contribution in [3.8, 4) is 17.2 Å². The highest BCUT2D eigenvalue weighted by Crippen LogP contribution is 2.32. The summed E-state index contributed by atoms with van der Waals surface area (Å²) < 4.78 is 17.4. The molecular weight excluding hydrogens is 1090 g/mol. The first-order valence-corrected chi connectivity index (χ1v) is 31.1. The molecule has 6 N–H and O–H groups in total. The summed E-state index contributed by atoms with van der Waals surface area (Å²) in [5.41, 5.74) is 34.7. The lowest BCUT2D eigenvalue weighted by Gasteiger charge is -2.12. The van der Waals surface area contributed by atoms with Crippen molar-refractivity contribution in [3.63, 3.8) is 0 Å². The van der Waals surface area contributed by atoms with Gasteiger partial charge in [-0.1, -0.05) is 107 Å². The van der Waals surface area contributed by atoms with Crippen molar-refractivity contribution in [2.45, 2.75) is 113 Å². The molecule has 6 heterocycles. The minimum absolute atomic E-state index is 0.484. The third-order valence-corrected chi connectivity index (χ3v) is 16.0. The van der Waals surface area contributed by atoms with Crippen LogP contribution in [0.5, 0.6) is 17.2 Å². The number of ether oxygens (including phenoxy) is 3. The Bertz CT molecular complexity index is 4360. The molecule has 12 heteroatoms. The van der Waals surface area contributed by atoms with Gasteiger partial charge in [0.05, 0.1) is 36.4 Å². The first-order chi connectivity index (χ1) is 42.6. The van der Waals surface area contributed by atoms with E-state index in [1.807, 2.05) is 48.9 Å². The Balaban J connectivity index is 0.000000146. The number of hydrogen-bond donors (Lipinski definition) is 3. The number of nitrogen functional groups attached to an aromatic ring is 3. The van der Waals surface area contributed by atoms with Gasteiger partial charge in [-0.3, -0.25) is 15.0 Å². The molecule has 0 atom stereocenters. The van der Waals surface area contributed by atoms with E-state index in [0.29, 0.717) is 29.3 Å². The third kappa shape index (κ3) is 15.8. The van der Waals surface area contributed by atoms with E-state index in [1.54, 1.807) is 0 Å². The summed E-state index contributed by atoms with van der Waals surface area (Å²) in [6.07, 6.45) is 14.6. The zero-order valence-corrected chi connectivity index (χ0v) is 52.4. The van der Waals surface area contributed by atoms with Crippen molar-refractivity contribution in [1.29, 1.82) is 0 Å². The number of rotatable bonds is 20. The van der Waals surface area contributed by atoms with Crippen LogP contribution in [0.1, 0.15) is 104 Å². The van der Waals surface area contributed by atoms with Crippen molar-refractivity contribution < 1.29 is 14.2 Å². The van der Waals surface area contributed by atoms with E-state index in [9.17, 15) is 0 Å². The maximum atomic E-state index is 6.19. The van der Waals surface area contributed by atoms with Gasteiger partial charge in [-0.2, -0.15) is 0 Å². The highest BCUT2D eigenvalue weighted by atomic mass is 16.5. The fourth-order valence-electron chi connectivity index (χ4n) is 10.9. The molecule has 0 saturated heterocycles. The van der Waals surface area contributed by atoms with E-state index in [1.165, 1.54) is 50.1 Å². The molecule has 0 aliphatic rings. The number of para-hydroxylation sites is 1. The largest absolute Gasteiger partial charge is 0.494 e. The van der Waals surface area contributed by atoms with Gasteiger partial charge >= 0.3 is 0 Å². The van der Waals surface area contributed by atoms with Crippen LogP contribution in [0.25, 0.3) is 65.4 Å². The Labute approximate surface area is 518 Å². The molecule has 6 aromatic heterocycles. The van der Waals surface area contributed by atoms with Crippen LogP contribution in [0, 0.1) is 32.6 Å². The zero-order valence-electron chi connectivity index (χ0n) is 52.4. The van der Waals surface area contributed by atoms with Crippen LogP contribution >= 0.6 is 0 Å². The van der Waals surface area contributed by atoms with E-state index < -0.39 is 0 Å². The fourth-order valence-corrected chi connectivity index (χ4v) is 10.9. The molecule has 0 unspecified atom stereocenters. The molecule has 12 nitrogen and oxygen atoms in total. The van der Waals surface area contributed by atoms with Gasteiger partial charge in [-0.15, -0.1) is 0 Å². The topological polar surface area (TPSA) is 183 Å². The van der Waals surface area contributed by atoms with E-state index in [-0.39, 0.29) is 0 Å². The monoisotopic (exact) mass is 1170 g/mol. The predicted octanol–water partition coefficient (Wildman–Crippen LogP) is 17.0. The van der Waals surface area contributed by atoms with Crippen LogP contribution in [0.3, 0.4) is 0 Å². The van der Waals surface area contributed by atoms with Gasteiger partial charge in [-0.25, -0.2) is 15.0 Å². The maximum absolute atomic E-state index is 6.19. The average Bonchev–Trinajstić information content (AvgIpc) is 1.01. The standard InChI is InChI=1S/C27H31N3O.C26H29N3O.C23H23N3O/c1-17(2)11-12-31-22-9-8-21(19(4)14-22)7-6-20-15-24-23-10-5-18(3)13-25(23)30-27(28)26(24)29-16-20;1-17(2)12-13-30-21-9-7-19(8-10-21)5-6-20-15-23-22-11-4-18(3)14-24(22)29-26(27)25(23)28-16-20;1-2-13-27-18-11-9-16(10-12-18)7-8-17-14-20-19-5-3-4-6-21(19)26-23(24)22(20)25-15-17/h5,8-10,13-17H,6-7,11-12H2,1-4H3,(H2,28,30);4,7-11,14-17H,5-6,12-13H2,1-3H3,(H2,27,29);3-6,9-12,14-15H,2,7-8,13H2,1H3,(H2,24,26). The Morgan fingerprint density at radius 1 is 0.375 bits per heavy atom. The summed E-state index contributed by atoms with van der Waals surface area (Å²) in [6.45, 7) is 19.6. The van der Waals surface area contributed by atoms with E-state index in [0.717, 1.165) is 160 Å². The Morgan fingerprint density at radius 2 is 0.773 bits per heavy atom. The van der Waals surface area contributed by atoms with Crippen molar-refractivity contribution in [3.05, 3.63) is 214 Å². The van der Waals surface area contributed by atoms with Crippen LogP contribution in [0.4, 0.5) is 17.5 Å². The number of fused-ring (bicyclic) bond motifs is 9. The Kier molecular flexibility index (Phi) is 20.2. The number of aryl methyl sites for hydroxylation is 9. The number of aromatic nitrogens is 6. The van der Waals surface area contributed by atoms with Crippen LogP contribution in [-0.4, -0.2) is 49.7 Å². The molecule has 0 aliphatic carbocycles. The number of anilines is 3. The number of benzene rings is 6. The predicted molar refractivity (Wildman–Crippen MR) is 366 cm³/mol. The third-order valence-electron chi connectivity index (χ3n) is 16.0. The highest BCUT2D eigenvalue weighted by molar-refractivity contribution is 6.10. The number of pyridine rings is 6. The SMILES string of the molecule is CCCOc1ccc(CCc2cnc3c(N)nc4ccccc4c3c2)cc1.Cc1ccc2c(c1)nc(N)c1ncc(CCc3ccc(OCCC(C)C)cc3)cc12.Cc1ccc2c(c1)nc(N)c1ncc(CCc3ccc(OCCC(C)C)cc3C)cc12. The molecule has 12 rings (SSSR count). The van der Waals surface area contributed by atoms with Gasteiger partial charge in [0, 0.05) is 50.9 Å². The fraction of sp³-hybridized carbons (Fsp3) is 0.289. The van der Waals surface area contributed by atoms with E-state index in [4.69, 9.17) is 31.4 Å². The van der Waals surface area contributed by atoms with Crippen molar-refractivity contribution in [1.82, 2.24) is 29.9 Å². The van der Waals surface area contributed by atoms with Gasteiger partial charge in [0.1, 0.15) is 33.8 Å². The molecule has 0 amide bonds. The normalized spacial score (nSPS) is 11.4. The molecule has 0 aliphatic heterocycles. The Hall–Kier alpha value is -9.42. The van der Waals surface area contributed by atoms with Crippen molar-refractivity contribution >= 4 is 82.9 Å². The van der Waals surface area contributed by atoms with Gasteiger partial charge in [-0.05, 0) is 213 Å². The second kappa shape index (κ2) is 28.8. The lowest BCUT2D eigenvalue weighted by atomic mass is 9.99. The lowest BCUT2D eigenvalue weighted by Crippen LogP contribution is -2.02. The summed E-state index contributed by atoms with van der Waals surface area (Å²) in [5.74, 6) is 5.61. The summed E-state index contributed by atoms with van der Waals surface area (Å²) in [6, 6.07) is 50.5. The molecule has 0 spiro atoms. The quantitative estimate of drug-likeness (QED) is 0.0615. The van der Waals surface area contributed by atoms with E-state index in [2.05, 4.69) is 201 Å². The minimum Gasteiger partial charge on any atom is -0.494 e. The molecule has 0 radical (unpaired) electrons. The molecule has 0 fully saturated rings. The summed E-state index contributed by atoms with van der Waals surface area (Å²) in [7, 11) is 0. The van der Waals surface area contributed by atoms with Crippen molar-refractivity contribution in [2.24, 2.45) is 11.8 Å². The smallest absolute Gasteiger partial charge is 0.150 e. The average molecular weight is 1170 g/mol. The van der Waals surface area contributed by atoms with Crippen LogP contribution in [-0.2, 0) is 38.5 Å². The van der Waals surface area contributed by atoms with Crippen molar-refractivity contribution in [2.75, 3.05) is 37.0 Å². The molecule has 0 bridgehead atoms. The highest BCUT2D eigenvalue weighted by Gasteiger charge is 2.14. The second-order valence-electron chi connectivity index (χ2n) is 24.1. The second-order valence-corrected chi connectivity index (χ2v) is 24.1. The van der Waals surface area contributed by atoms with Crippen LogP contribution in [0.15, 0.2) is 164 Å². The van der Waals surface area contributed by atoms with Gasteiger partial charge < -0.3 is 31.4 Å². The van der Waals surface area contributed by atoms with Gasteiger partial charge in [0.25, 0.3) is 0 Å². The molecule has 450 valence electrons. The van der Waals surface area contributed by atoms with Gasteiger partial charge in [0.2, 0.25) is 0 Å². The molecule has 88 heavy (non-hydrogen) atoms. The summed E-state index contributed by atoms with van der Waals surface area (Å²) in [5, 5.41) is 6.51. The zero-order chi connectivity index (χ0) is 61.7. The number of hydrogen-bond acceptors (Lipinski definition) is 12. The first-order valence-electron chi connectivity index (χ1n) is 31.1. The minimum atomic E-state index is 0.484. The van der Waals surface area contributed by atoms with E-state index >= 15 is 0 Å². The number of nitrogens with zero attached hydrogens (tertiary/aromatic N) is 6. The molecule has 0 saturated carbocycles. The Morgan fingerprint density at radius 3 is 1.23 bits per heavy atom. The molecule has 12 aromatic rings.